The van der Waals surface area contributed by atoms with Gasteiger partial charge in [-0.05, 0) is 26.0 Å². The lowest BCUT2D eigenvalue weighted by molar-refractivity contribution is 0.0696. The van der Waals surface area contributed by atoms with Crippen LogP contribution in [0.3, 0.4) is 0 Å². The van der Waals surface area contributed by atoms with Crippen LogP contribution in [0.1, 0.15) is 21.9 Å². The molecule has 3 heterocycles. The molecule has 0 aliphatic rings. The van der Waals surface area contributed by atoms with Crippen molar-refractivity contribution in [2.24, 2.45) is 0 Å². The molecule has 0 saturated heterocycles. The molecule has 0 aliphatic carbocycles. The number of halogens is 1. The van der Waals surface area contributed by atoms with Crippen LogP contribution in [0.2, 0.25) is 5.02 Å². The summed E-state index contributed by atoms with van der Waals surface area (Å²) in [6.07, 6.45) is 1.45. The summed E-state index contributed by atoms with van der Waals surface area (Å²) < 4.78 is 7.02. The van der Waals surface area contributed by atoms with E-state index in [1.54, 1.807) is 4.40 Å². The summed E-state index contributed by atoms with van der Waals surface area (Å²) in [5.74, 6) is 0.872. The smallest absolute Gasteiger partial charge is 0.337 e. The molecular weight excluding hydrogens is 282 g/mol. The number of hydrogen-bond acceptors (Lipinski definition) is 4. The first-order chi connectivity index (χ1) is 9.47. The third-order valence-electron chi connectivity index (χ3n) is 2.99. The minimum absolute atomic E-state index is 0.0708. The lowest BCUT2D eigenvalue weighted by Gasteiger charge is -2.02. The number of carboxylic acids is 1. The molecule has 3 aromatic heterocycles. The Bertz CT molecular complexity index is 835. The average molecular weight is 292 g/mol. The maximum Gasteiger partial charge on any atom is 0.337 e. The van der Waals surface area contributed by atoms with Crippen molar-refractivity contribution in [3.8, 4) is 11.4 Å². The molecule has 0 aliphatic heterocycles. The van der Waals surface area contributed by atoms with E-state index in [9.17, 15) is 4.79 Å². The Labute approximate surface area is 118 Å². The monoisotopic (exact) mass is 291 g/mol. The predicted molar refractivity (Wildman–Crippen MR) is 72.1 cm³/mol. The molecule has 0 unspecified atom stereocenters. The van der Waals surface area contributed by atoms with Crippen molar-refractivity contribution in [3.05, 3.63) is 40.4 Å². The summed E-state index contributed by atoms with van der Waals surface area (Å²) in [6, 6.07) is 3.18. The van der Waals surface area contributed by atoms with Gasteiger partial charge in [-0.25, -0.2) is 4.79 Å². The van der Waals surface area contributed by atoms with Crippen molar-refractivity contribution in [1.29, 1.82) is 0 Å². The van der Waals surface area contributed by atoms with Gasteiger partial charge in [0, 0.05) is 6.20 Å². The van der Waals surface area contributed by atoms with E-state index in [0.29, 0.717) is 17.2 Å². The van der Waals surface area contributed by atoms with Gasteiger partial charge in [-0.1, -0.05) is 11.6 Å². The van der Waals surface area contributed by atoms with Gasteiger partial charge in [0.15, 0.2) is 11.5 Å². The number of rotatable bonds is 2. The number of carboxylic acid groups (broad SMARTS) is 1. The molecule has 0 spiro atoms. The highest BCUT2D eigenvalue weighted by Gasteiger charge is 2.17. The lowest BCUT2D eigenvalue weighted by atomic mass is 10.2. The second-order valence-corrected chi connectivity index (χ2v) is 4.83. The Kier molecular flexibility index (Phi) is 2.76. The van der Waals surface area contributed by atoms with E-state index in [1.807, 2.05) is 19.9 Å². The molecule has 0 atom stereocenters. The zero-order valence-corrected chi connectivity index (χ0v) is 11.5. The molecule has 0 saturated carbocycles. The van der Waals surface area contributed by atoms with E-state index in [2.05, 4.69) is 10.2 Å². The lowest BCUT2D eigenvalue weighted by Crippen LogP contribution is -2.00. The highest BCUT2D eigenvalue weighted by atomic mass is 35.5. The van der Waals surface area contributed by atoms with Gasteiger partial charge in [0.2, 0.25) is 0 Å². The van der Waals surface area contributed by atoms with E-state index >= 15 is 0 Å². The third kappa shape index (κ3) is 1.85. The molecule has 20 heavy (non-hydrogen) atoms. The van der Waals surface area contributed by atoms with Gasteiger partial charge >= 0.3 is 5.97 Å². The van der Waals surface area contributed by atoms with Gasteiger partial charge in [0.05, 0.1) is 16.1 Å². The summed E-state index contributed by atoms with van der Waals surface area (Å²) in [7, 11) is 0. The molecule has 102 valence electrons. The molecule has 0 radical (unpaired) electrons. The van der Waals surface area contributed by atoms with Crippen LogP contribution in [-0.4, -0.2) is 25.7 Å². The Balaban J connectivity index is 2.32. The van der Waals surface area contributed by atoms with Crippen molar-refractivity contribution in [2.45, 2.75) is 13.8 Å². The summed E-state index contributed by atoms with van der Waals surface area (Å²) in [5, 5.41) is 17.4. The fourth-order valence-electron chi connectivity index (χ4n) is 2.11. The average Bonchev–Trinajstić information content (AvgIpc) is 2.92. The zero-order chi connectivity index (χ0) is 14.4. The van der Waals surface area contributed by atoms with Crippen LogP contribution in [-0.2, 0) is 0 Å². The molecule has 1 N–H and O–H groups in total. The van der Waals surface area contributed by atoms with Gasteiger partial charge in [0.25, 0.3) is 0 Å². The van der Waals surface area contributed by atoms with Crippen LogP contribution >= 0.6 is 11.6 Å². The third-order valence-corrected chi connectivity index (χ3v) is 3.27. The van der Waals surface area contributed by atoms with E-state index < -0.39 is 5.97 Å². The number of aromatic nitrogens is 3. The van der Waals surface area contributed by atoms with Crippen LogP contribution in [0.4, 0.5) is 0 Å². The van der Waals surface area contributed by atoms with Crippen LogP contribution in [0.15, 0.2) is 22.7 Å². The van der Waals surface area contributed by atoms with Crippen molar-refractivity contribution < 1.29 is 14.3 Å². The van der Waals surface area contributed by atoms with Crippen LogP contribution < -0.4 is 0 Å². The molecule has 0 bridgehead atoms. The number of furan rings is 1. The molecule has 3 aromatic rings. The van der Waals surface area contributed by atoms with Crippen molar-refractivity contribution in [2.75, 3.05) is 0 Å². The van der Waals surface area contributed by atoms with Crippen LogP contribution in [0.5, 0.6) is 0 Å². The van der Waals surface area contributed by atoms with Gasteiger partial charge in [-0.2, -0.15) is 0 Å². The van der Waals surface area contributed by atoms with E-state index in [4.69, 9.17) is 21.1 Å². The SMILES string of the molecule is Cc1cc(-c2nnc3c(Cl)cc(C(=O)O)cn23)c(C)o1. The molecule has 7 heteroatoms. The Morgan fingerprint density at radius 1 is 1.35 bits per heavy atom. The predicted octanol–water partition coefficient (Wildman–Crippen LogP) is 2.96. The highest BCUT2D eigenvalue weighted by Crippen LogP contribution is 2.28. The number of fused-ring (bicyclic) bond motifs is 1. The van der Waals surface area contributed by atoms with E-state index in [0.717, 1.165) is 11.3 Å². The Morgan fingerprint density at radius 3 is 2.70 bits per heavy atom. The number of carbonyl (C=O) groups is 1. The summed E-state index contributed by atoms with van der Waals surface area (Å²) in [6.45, 7) is 3.64. The van der Waals surface area contributed by atoms with Crippen molar-refractivity contribution in [1.82, 2.24) is 14.6 Å². The second-order valence-electron chi connectivity index (χ2n) is 4.43. The molecular formula is C13H10ClN3O3. The minimum atomic E-state index is -1.06. The minimum Gasteiger partial charge on any atom is -0.478 e. The van der Waals surface area contributed by atoms with Gasteiger partial charge in [-0.3, -0.25) is 4.40 Å². The zero-order valence-electron chi connectivity index (χ0n) is 10.7. The van der Waals surface area contributed by atoms with Crippen LogP contribution in [0.25, 0.3) is 17.0 Å². The van der Waals surface area contributed by atoms with Crippen LogP contribution in [0, 0.1) is 13.8 Å². The summed E-state index contributed by atoms with van der Waals surface area (Å²) in [5.41, 5.74) is 1.24. The second kappa shape index (κ2) is 4.35. The molecule has 6 nitrogen and oxygen atoms in total. The summed E-state index contributed by atoms with van der Waals surface area (Å²) >= 11 is 6.04. The molecule has 0 fully saturated rings. The fourth-order valence-corrected chi connectivity index (χ4v) is 2.35. The van der Waals surface area contributed by atoms with Gasteiger partial charge < -0.3 is 9.52 Å². The van der Waals surface area contributed by atoms with E-state index in [1.165, 1.54) is 12.3 Å². The van der Waals surface area contributed by atoms with Crippen molar-refractivity contribution in [3.63, 3.8) is 0 Å². The maximum atomic E-state index is 11.1. The normalized spacial score (nSPS) is 11.2. The number of hydrogen-bond donors (Lipinski definition) is 1. The van der Waals surface area contributed by atoms with Crippen molar-refractivity contribution >= 4 is 23.2 Å². The number of aromatic carboxylic acids is 1. The van der Waals surface area contributed by atoms with E-state index in [-0.39, 0.29) is 10.6 Å². The maximum absolute atomic E-state index is 11.1. The standard InChI is InChI=1S/C13H10ClN3O3/c1-6-3-9(7(2)20-6)11-15-16-12-10(14)4-8(13(18)19)5-17(11)12/h3-5H,1-2H3,(H,18,19). The number of aryl methyl sites for hydroxylation is 2. The Hall–Kier alpha value is -2.34. The number of nitrogens with zero attached hydrogens (tertiary/aromatic N) is 3. The highest BCUT2D eigenvalue weighted by molar-refractivity contribution is 6.33. The first-order valence-corrected chi connectivity index (χ1v) is 6.20. The number of pyridine rings is 1. The molecule has 3 rings (SSSR count). The van der Waals surface area contributed by atoms with Gasteiger partial charge in [-0.15, -0.1) is 10.2 Å². The Morgan fingerprint density at radius 2 is 2.10 bits per heavy atom. The summed E-state index contributed by atoms with van der Waals surface area (Å²) in [4.78, 5) is 11.1. The topological polar surface area (TPSA) is 80.6 Å². The molecule has 0 aromatic carbocycles. The quantitative estimate of drug-likeness (QED) is 0.785. The fraction of sp³-hybridized carbons (Fsp3) is 0.154. The molecule has 0 amide bonds. The first-order valence-electron chi connectivity index (χ1n) is 5.82. The van der Waals surface area contributed by atoms with Gasteiger partial charge in [0.1, 0.15) is 11.5 Å². The largest absolute Gasteiger partial charge is 0.478 e. The first kappa shape index (κ1) is 12.7.